The molecule has 1 atom stereocenters. The van der Waals surface area contributed by atoms with Crippen LogP contribution in [0.25, 0.3) is 0 Å². The molecule has 1 aliphatic heterocycles. The van der Waals surface area contributed by atoms with Crippen molar-refractivity contribution in [2.75, 3.05) is 26.3 Å². The van der Waals surface area contributed by atoms with E-state index in [1.165, 1.54) is 0 Å². The Kier molecular flexibility index (Phi) is 3.48. The van der Waals surface area contributed by atoms with E-state index in [0.717, 1.165) is 18.7 Å². The third-order valence-corrected chi connectivity index (χ3v) is 2.70. The van der Waals surface area contributed by atoms with Crippen molar-refractivity contribution in [1.82, 2.24) is 9.88 Å². The van der Waals surface area contributed by atoms with Crippen molar-refractivity contribution in [2.24, 2.45) is 5.73 Å². The third-order valence-electron chi connectivity index (χ3n) is 2.70. The molecule has 1 fully saturated rings. The Bertz CT molecular complexity index is 350. The molecular weight excluding hydrogens is 206 g/mol. The van der Waals surface area contributed by atoms with E-state index in [0.29, 0.717) is 13.2 Å². The van der Waals surface area contributed by atoms with Crippen molar-refractivity contribution in [3.63, 3.8) is 0 Å². The zero-order chi connectivity index (χ0) is 11.4. The Morgan fingerprint density at radius 1 is 1.38 bits per heavy atom. The van der Waals surface area contributed by atoms with Crippen LogP contribution in [0.2, 0.25) is 0 Å². The first-order chi connectivity index (χ1) is 7.79. The van der Waals surface area contributed by atoms with Gasteiger partial charge in [0, 0.05) is 25.5 Å². The van der Waals surface area contributed by atoms with Crippen LogP contribution in [0.1, 0.15) is 11.6 Å². The fraction of sp³-hybridized carbons (Fsp3) is 0.455. The lowest BCUT2D eigenvalue weighted by Gasteiger charge is -2.32. The van der Waals surface area contributed by atoms with Crippen molar-refractivity contribution in [2.45, 2.75) is 6.04 Å². The number of ether oxygens (including phenoxy) is 1. The Morgan fingerprint density at radius 2 is 2.00 bits per heavy atom. The van der Waals surface area contributed by atoms with Gasteiger partial charge in [-0.25, -0.2) is 0 Å². The lowest BCUT2D eigenvalue weighted by Crippen LogP contribution is -2.44. The molecule has 1 aromatic heterocycles. The van der Waals surface area contributed by atoms with Gasteiger partial charge in [-0.15, -0.1) is 0 Å². The topological polar surface area (TPSA) is 68.5 Å². The molecule has 0 radical (unpaired) electrons. The van der Waals surface area contributed by atoms with Gasteiger partial charge in [0.15, 0.2) is 0 Å². The zero-order valence-corrected chi connectivity index (χ0v) is 9.00. The maximum absolute atomic E-state index is 11.5. The molecule has 16 heavy (non-hydrogen) atoms. The van der Waals surface area contributed by atoms with Gasteiger partial charge in [0.05, 0.1) is 13.2 Å². The van der Waals surface area contributed by atoms with Crippen LogP contribution < -0.4 is 5.73 Å². The number of hydrogen-bond acceptors (Lipinski definition) is 4. The van der Waals surface area contributed by atoms with Crippen LogP contribution in [0.15, 0.2) is 24.5 Å². The minimum Gasteiger partial charge on any atom is -0.379 e. The molecule has 5 nitrogen and oxygen atoms in total. The van der Waals surface area contributed by atoms with E-state index < -0.39 is 0 Å². The van der Waals surface area contributed by atoms with E-state index in [1.807, 2.05) is 17.0 Å². The Balaban J connectivity index is 2.20. The molecule has 1 aromatic rings. The molecule has 0 unspecified atom stereocenters. The molecule has 0 spiro atoms. The fourth-order valence-electron chi connectivity index (χ4n) is 1.94. The molecule has 2 N–H and O–H groups in total. The predicted octanol–water partition coefficient (Wildman–Crippen LogP) is -0.0598. The molecule has 0 saturated carbocycles. The smallest absolute Gasteiger partial charge is 0.239 e. The van der Waals surface area contributed by atoms with Crippen LogP contribution in [-0.4, -0.2) is 42.1 Å². The number of nitrogens with zero attached hydrogens (tertiary/aromatic N) is 2. The minimum absolute atomic E-state index is 0.326. The quantitative estimate of drug-likeness (QED) is 0.776. The van der Waals surface area contributed by atoms with E-state index in [4.69, 9.17) is 10.5 Å². The Morgan fingerprint density at radius 3 is 2.56 bits per heavy atom. The summed E-state index contributed by atoms with van der Waals surface area (Å²) in [7, 11) is 0. The molecule has 1 aliphatic rings. The molecular formula is C11H15N3O2. The highest BCUT2D eigenvalue weighted by Gasteiger charge is 2.26. The molecule has 0 aliphatic carbocycles. The number of carbonyl (C=O) groups excluding carboxylic acids is 1. The summed E-state index contributed by atoms with van der Waals surface area (Å²) < 4.78 is 5.26. The molecule has 2 heterocycles. The van der Waals surface area contributed by atoms with E-state index in [-0.39, 0.29) is 11.9 Å². The largest absolute Gasteiger partial charge is 0.379 e. The van der Waals surface area contributed by atoms with E-state index >= 15 is 0 Å². The number of rotatable bonds is 3. The highest BCUT2D eigenvalue weighted by atomic mass is 16.5. The van der Waals surface area contributed by atoms with Gasteiger partial charge in [-0.2, -0.15) is 0 Å². The van der Waals surface area contributed by atoms with Crippen LogP contribution in [0.5, 0.6) is 0 Å². The summed E-state index contributed by atoms with van der Waals surface area (Å²) in [6.07, 6.45) is 3.34. The third kappa shape index (κ3) is 2.37. The van der Waals surface area contributed by atoms with Crippen molar-refractivity contribution in [3.8, 4) is 0 Å². The number of carbonyl (C=O) groups is 1. The van der Waals surface area contributed by atoms with Crippen LogP contribution >= 0.6 is 0 Å². The van der Waals surface area contributed by atoms with Crippen LogP contribution in [0, 0.1) is 0 Å². The van der Waals surface area contributed by atoms with Gasteiger partial charge >= 0.3 is 0 Å². The minimum atomic E-state index is -0.369. The van der Waals surface area contributed by atoms with Crippen molar-refractivity contribution in [1.29, 1.82) is 0 Å². The number of aromatic nitrogens is 1. The molecule has 2 rings (SSSR count). The predicted molar refractivity (Wildman–Crippen MR) is 58.6 cm³/mol. The van der Waals surface area contributed by atoms with Gasteiger partial charge < -0.3 is 10.5 Å². The molecule has 1 amide bonds. The van der Waals surface area contributed by atoms with Gasteiger partial charge in [0.2, 0.25) is 5.91 Å². The first kappa shape index (κ1) is 11.0. The SMILES string of the molecule is NC(=O)[C@@H](c1ccncc1)N1CCOCC1. The maximum Gasteiger partial charge on any atom is 0.239 e. The Labute approximate surface area is 94.2 Å². The highest BCUT2D eigenvalue weighted by Crippen LogP contribution is 2.20. The number of nitrogens with two attached hydrogens (primary N) is 1. The van der Waals surface area contributed by atoms with Gasteiger partial charge in [0.1, 0.15) is 6.04 Å². The number of pyridine rings is 1. The molecule has 0 bridgehead atoms. The monoisotopic (exact) mass is 221 g/mol. The number of primary amides is 1. The lowest BCUT2D eigenvalue weighted by atomic mass is 10.1. The van der Waals surface area contributed by atoms with Gasteiger partial charge in [-0.05, 0) is 17.7 Å². The highest BCUT2D eigenvalue weighted by molar-refractivity contribution is 5.81. The molecule has 1 saturated heterocycles. The second-order valence-electron chi connectivity index (χ2n) is 3.73. The molecule has 86 valence electrons. The van der Waals surface area contributed by atoms with E-state index in [1.54, 1.807) is 12.4 Å². The fourth-order valence-corrected chi connectivity index (χ4v) is 1.94. The van der Waals surface area contributed by atoms with Gasteiger partial charge in [-0.1, -0.05) is 0 Å². The molecule has 0 aromatic carbocycles. The first-order valence-electron chi connectivity index (χ1n) is 5.30. The standard InChI is InChI=1S/C11H15N3O2/c12-11(15)10(9-1-3-13-4-2-9)14-5-7-16-8-6-14/h1-4,10H,5-8H2,(H2,12,15)/t10-/m1/s1. The summed E-state index contributed by atoms with van der Waals surface area (Å²) in [4.78, 5) is 17.5. The van der Waals surface area contributed by atoms with Crippen molar-refractivity contribution in [3.05, 3.63) is 30.1 Å². The summed E-state index contributed by atoms with van der Waals surface area (Å²) in [5, 5.41) is 0. The summed E-state index contributed by atoms with van der Waals surface area (Å²) >= 11 is 0. The summed E-state index contributed by atoms with van der Waals surface area (Å²) in [5.74, 6) is -0.326. The van der Waals surface area contributed by atoms with Gasteiger partial charge in [-0.3, -0.25) is 14.7 Å². The maximum atomic E-state index is 11.5. The first-order valence-corrected chi connectivity index (χ1v) is 5.30. The second kappa shape index (κ2) is 5.05. The van der Waals surface area contributed by atoms with Crippen LogP contribution in [0.4, 0.5) is 0 Å². The zero-order valence-electron chi connectivity index (χ0n) is 9.00. The summed E-state index contributed by atoms with van der Waals surface area (Å²) in [6.45, 7) is 2.76. The van der Waals surface area contributed by atoms with Crippen LogP contribution in [-0.2, 0) is 9.53 Å². The second-order valence-corrected chi connectivity index (χ2v) is 3.73. The molecule has 5 heteroatoms. The lowest BCUT2D eigenvalue weighted by molar-refractivity contribution is -0.125. The average molecular weight is 221 g/mol. The summed E-state index contributed by atoms with van der Waals surface area (Å²) in [5.41, 5.74) is 6.35. The van der Waals surface area contributed by atoms with Gasteiger partial charge in [0.25, 0.3) is 0 Å². The number of morpholine rings is 1. The van der Waals surface area contributed by atoms with Crippen LogP contribution in [0.3, 0.4) is 0 Å². The Hall–Kier alpha value is -1.46. The average Bonchev–Trinajstić information content (AvgIpc) is 2.31. The van der Waals surface area contributed by atoms with E-state index in [2.05, 4.69) is 4.98 Å². The van der Waals surface area contributed by atoms with Crippen molar-refractivity contribution < 1.29 is 9.53 Å². The number of amides is 1. The normalized spacial score (nSPS) is 19.2. The van der Waals surface area contributed by atoms with Crippen molar-refractivity contribution >= 4 is 5.91 Å². The summed E-state index contributed by atoms with van der Waals surface area (Å²) in [6, 6.07) is 3.28. The van der Waals surface area contributed by atoms with E-state index in [9.17, 15) is 4.79 Å². The number of hydrogen-bond donors (Lipinski definition) is 1.